The summed E-state index contributed by atoms with van der Waals surface area (Å²) in [4.78, 5) is 0. The molecule has 3 heteroatoms. The highest BCUT2D eigenvalue weighted by Crippen LogP contribution is 2.33. The zero-order valence-electron chi connectivity index (χ0n) is 9.51. The number of nitrogens with two attached hydrogens (primary N) is 1. The van der Waals surface area contributed by atoms with Crippen molar-refractivity contribution in [3.8, 4) is 5.75 Å². The number of methoxy groups -OCH3 is 1. The first-order valence-electron chi connectivity index (χ1n) is 5.14. The molecule has 1 atom stereocenters. The number of benzene rings is 1. The van der Waals surface area contributed by atoms with Gasteiger partial charge in [-0.3, -0.25) is 0 Å². The van der Waals surface area contributed by atoms with Crippen molar-refractivity contribution in [2.24, 2.45) is 5.73 Å². The Morgan fingerprint density at radius 2 is 2.13 bits per heavy atom. The zero-order chi connectivity index (χ0) is 11.4. The smallest absolute Gasteiger partial charge is 0.119 e. The molecule has 0 bridgehead atoms. The fourth-order valence-corrected chi connectivity index (χ4v) is 2.26. The van der Waals surface area contributed by atoms with Gasteiger partial charge in [0.1, 0.15) is 5.75 Å². The maximum absolute atomic E-state index is 5.58. The lowest BCUT2D eigenvalue weighted by molar-refractivity contribution is 0.413. The normalized spacial score (nSPS) is 12.6. The second kappa shape index (κ2) is 5.52. The Labute approximate surface area is 99.9 Å². The number of hydrogen-bond acceptors (Lipinski definition) is 2. The van der Waals surface area contributed by atoms with Crippen LogP contribution >= 0.6 is 15.9 Å². The molecular formula is C12H18BrNO. The lowest BCUT2D eigenvalue weighted by atomic mass is 9.96. The van der Waals surface area contributed by atoms with Crippen LogP contribution in [0.2, 0.25) is 0 Å². The van der Waals surface area contributed by atoms with Crippen molar-refractivity contribution >= 4 is 15.9 Å². The minimum absolute atomic E-state index is 0.457. The molecule has 0 amide bonds. The minimum Gasteiger partial charge on any atom is -0.497 e. The van der Waals surface area contributed by atoms with E-state index in [4.69, 9.17) is 10.5 Å². The molecule has 1 aromatic rings. The Kier molecular flexibility index (Phi) is 4.61. The van der Waals surface area contributed by atoms with E-state index in [0.29, 0.717) is 12.5 Å². The summed E-state index contributed by atoms with van der Waals surface area (Å²) in [6, 6.07) is 4.11. The van der Waals surface area contributed by atoms with E-state index in [1.807, 2.05) is 6.07 Å². The summed E-state index contributed by atoms with van der Waals surface area (Å²) in [5.74, 6) is 1.37. The van der Waals surface area contributed by atoms with Crippen LogP contribution < -0.4 is 10.5 Å². The van der Waals surface area contributed by atoms with Crippen LogP contribution in [0.4, 0.5) is 0 Å². The Hall–Kier alpha value is -0.540. The fraction of sp³-hybridized carbons (Fsp3) is 0.500. The fourth-order valence-electron chi connectivity index (χ4n) is 1.64. The molecule has 1 rings (SSSR count). The van der Waals surface area contributed by atoms with E-state index >= 15 is 0 Å². The van der Waals surface area contributed by atoms with Crippen LogP contribution in [0.3, 0.4) is 0 Å². The molecule has 0 aliphatic carbocycles. The molecule has 1 unspecified atom stereocenters. The van der Waals surface area contributed by atoms with E-state index in [1.54, 1.807) is 7.11 Å². The van der Waals surface area contributed by atoms with E-state index in [9.17, 15) is 0 Å². The van der Waals surface area contributed by atoms with Gasteiger partial charge in [0.25, 0.3) is 0 Å². The molecule has 2 N–H and O–H groups in total. The van der Waals surface area contributed by atoms with Crippen molar-refractivity contribution in [3.05, 3.63) is 27.7 Å². The number of aryl methyl sites for hydroxylation is 1. The number of hydrogen-bond donors (Lipinski definition) is 1. The topological polar surface area (TPSA) is 35.2 Å². The van der Waals surface area contributed by atoms with Gasteiger partial charge in [-0.05, 0) is 49.1 Å². The molecule has 0 spiro atoms. The highest BCUT2D eigenvalue weighted by molar-refractivity contribution is 9.10. The molecule has 1 aromatic carbocycles. The van der Waals surface area contributed by atoms with Gasteiger partial charge in [0.15, 0.2) is 0 Å². The van der Waals surface area contributed by atoms with Crippen LogP contribution in [0.25, 0.3) is 0 Å². The Balaban J connectivity index is 3.09. The molecule has 0 saturated heterocycles. The summed E-state index contributed by atoms with van der Waals surface area (Å²) in [6.45, 7) is 4.97. The van der Waals surface area contributed by atoms with E-state index < -0.39 is 0 Å². The lowest BCUT2D eigenvalue weighted by Crippen LogP contribution is -2.05. The van der Waals surface area contributed by atoms with Gasteiger partial charge in [0.05, 0.1) is 7.11 Å². The second-order valence-corrected chi connectivity index (χ2v) is 4.62. The maximum Gasteiger partial charge on any atom is 0.119 e. The first-order chi connectivity index (χ1) is 7.10. The number of rotatable bonds is 4. The zero-order valence-corrected chi connectivity index (χ0v) is 11.1. The van der Waals surface area contributed by atoms with Crippen molar-refractivity contribution in [2.45, 2.75) is 26.2 Å². The molecule has 15 heavy (non-hydrogen) atoms. The van der Waals surface area contributed by atoms with E-state index in [2.05, 4.69) is 35.8 Å². The summed E-state index contributed by atoms with van der Waals surface area (Å²) in [6.07, 6.45) is 0.991. The molecule has 0 aliphatic heterocycles. The third-order valence-electron chi connectivity index (χ3n) is 2.62. The minimum atomic E-state index is 0.457. The molecule has 0 aromatic heterocycles. The first kappa shape index (κ1) is 12.5. The molecule has 2 nitrogen and oxygen atoms in total. The molecule has 84 valence electrons. The van der Waals surface area contributed by atoms with Gasteiger partial charge in [-0.1, -0.05) is 22.9 Å². The lowest BCUT2D eigenvalue weighted by Gasteiger charge is -2.16. The summed E-state index contributed by atoms with van der Waals surface area (Å²) in [7, 11) is 1.69. The highest BCUT2D eigenvalue weighted by Gasteiger charge is 2.12. The van der Waals surface area contributed by atoms with Crippen LogP contribution in [-0.2, 0) is 0 Å². The molecular weight excluding hydrogens is 254 g/mol. The van der Waals surface area contributed by atoms with Gasteiger partial charge in [-0.25, -0.2) is 0 Å². The summed E-state index contributed by atoms with van der Waals surface area (Å²) in [5.41, 5.74) is 8.06. The predicted molar refractivity (Wildman–Crippen MR) is 67.5 cm³/mol. The van der Waals surface area contributed by atoms with Crippen LogP contribution in [0.5, 0.6) is 5.75 Å². The SMILES string of the molecule is COc1cc(C)c(Br)c(C(C)CCN)c1. The highest BCUT2D eigenvalue weighted by atomic mass is 79.9. The average Bonchev–Trinajstić information content (AvgIpc) is 2.22. The molecule has 0 saturated carbocycles. The Morgan fingerprint density at radius 1 is 1.47 bits per heavy atom. The van der Waals surface area contributed by atoms with Crippen LogP contribution in [0.1, 0.15) is 30.4 Å². The van der Waals surface area contributed by atoms with E-state index in [-0.39, 0.29) is 0 Å². The second-order valence-electron chi connectivity index (χ2n) is 3.83. The summed E-state index contributed by atoms with van der Waals surface area (Å²) in [5, 5.41) is 0. The predicted octanol–water partition coefficient (Wildman–Crippen LogP) is 3.22. The van der Waals surface area contributed by atoms with Crippen LogP contribution in [0.15, 0.2) is 16.6 Å². The van der Waals surface area contributed by atoms with Crippen molar-refractivity contribution in [3.63, 3.8) is 0 Å². The van der Waals surface area contributed by atoms with Gasteiger partial charge in [0, 0.05) is 4.47 Å². The first-order valence-corrected chi connectivity index (χ1v) is 5.93. The van der Waals surface area contributed by atoms with Crippen LogP contribution in [0, 0.1) is 6.92 Å². The average molecular weight is 272 g/mol. The third-order valence-corrected chi connectivity index (χ3v) is 3.71. The van der Waals surface area contributed by atoms with Crippen LogP contribution in [-0.4, -0.2) is 13.7 Å². The van der Waals surface area contributed by atoms with Crippen molar-refractivity contribution in [2.75, 3.05) is 13.7 Å². The van der Waals surface area contributed by atoms with E-state index in [0.717, 1.165) is 12.2 Å². The third kappa shape index (κ3) is 2.95. The van der Waals surface area contributed by atoms with Crippen molar-refractivity contribution in [1.29, 1.82) is 0 Å². The van der Waals surface area contributed by atoms with Crippen molar-refractivity contribution in [1.82, 2.24) is 0 Å². The molecule has 0 aliphatic rings. The quantitative estimate of drug-likeness (QED) is 0.913. The molecule has 0 heterocycles. The largest absolute Gasteiger partial charge is 0.497 e. The summed E-state index contributed by atoms with van der Waals surface area (Å²) < 4.78 is 6.44. The Bertz CT molecular complexity index is 339. The van der Waals surface area contributed by atoms with Gasteiger partial charge in [0.2, 0.25) is 0 Å². The standard InChI is InChI=1S/C12H18BrNO/c1-8(4-5-14)11-7-10(15-3)6-9(2)12(11)13/h6-8H,4-5,14H2,1-3H3. The van der Waals surface area contributed by atoms with Gasteiger partial charge in [-0.15, -0.1) is 0 Å². The summed E-state index contributed by atoms with van der Waals surface area (Å²) >= 11 is 3.62. The Morgan fingerprint density at radius 3 is 2.67 bits per heavy atom. The van der Waals surface area contributed by atoms with E-state index in [1.165, 1.54) is 15.6 Å². The number of halogens is 1. The van der Waals surface area contributed by atoms with Gasteiger partial charge in [-0.2, -0.15) is 0 Å². The monoisotopic (exact) mass is 271 g/mol. The van der Waals surface area contributed by atoms with Gasteiger partial charge >= 0.3 is 0 Å². The maximum atomic E-state index is 5.58. The number of ether oxygens (including phenoxy) is 1. The van der Waals surface area contributed by atoms with Gasteiger partial charge < -0.3 is 10.5 Å². The molecule has 0 fully saturated rings. The van der Waals surface area contributed by atoms with Crippen molar-refractivity contribution < 1.29 is 4.74 Å². The molecule has 0 radical (unpaired) electrons.